The zero-order chi connectivity index (χ0) is 15.1. The summed E-state index contributed by atoms with van der Waals surface area (Å²) in [6, 6.07) is 0.571. The van der Waals surface area contributed by atoms with E-state index in [1.165, 1.54) is 12.1 Å². The molecule has 1 aromatic rings. The maximum absolute atomic E-state index is 6.47. The van der Waals surface area contributed by atoms with Crippen LogP contribution in [0.2, 0.25) is 5.02 Å². The quantitative estimate of drug-likeness (QED) is 0.745. The Hall–Kier alpha value is -0.540. The zero-order valence-corrected chi connectivity index (χ0v) is 14.4. The first-order chi connectivity index (χ1) is 9.53. The van der Waals surface area contributed by atoms with Crippen LogP contribution >= 0.6 is 11.6 Å². The van der Waals surface area contributed by atoms with Crippen LogP contribution in [0.1, 0.15) is 58.8 Å². The van der Waals surface area contributed by atoms with Crippen molar-refractivity contribution in [2.75, 3.05) is 6.54 Å². The molecule has 1 aromatic heterocycles. The fraction of sp³-hybridized carbons (Fsp3) is 0.812. The number of hydrogen-bond donors (Lipinski definition) is 1. The van der Waals surface area contributed by atoms with Gasteiger partial charge in [-0.1, -0.05) is 39.3 Å². The van der Waals surface area contributed by atoms with E-state index in [2.05, 4.69) is 49.7 Å². The summed E-state index contributed by atoms with van der Waals surface area (Å²) in [7, 11) is 0. The third kappa shape index (κ3) is 4.78. The second-order valence-electron chi connectivity index (χ2n) is 5.80. The summed E-state index contributed by atoms with van der Waals surface area (Å²) in [4.78, 5) is 0. The van der Waals surface area contributed by atoms with E-state index in [9.17, 15) is 0 Å². The van der Waals surface area contributed by atoms with Crippen LogP contribution in [0.3, 0.4) is 0 Å². The van der Waals surface area contributed by atoms with Crippen LogP contribution in [0.4, 0.5) is 0 Å². The van der Waals surface area contributed by atoms with Crippen molar-refractivity contribution >= 4 is 11.6 Å². The van der Waals surface area contributed by atoms with Crippen LogP contribution < -0.4 is 5.32 Å². The highest BCUT2D eigenvalue weighted by Gasteiger charge is 2.16. The van der Waals surface area contributed by atoms with Crippen LogP contribution in [0.15, 0.2) is 0 Å². The van der Waals surface area contributed by atoms with Gasteiger partial charge in [-0.05, 0) is 45.1 Å². The van der Waals surface area contributed by atoms with Gasteiger partial charge in [0.15, 0.2) is 0 Å². The Morgan fingerprint density at radius 2 is 1.95 bits per heavy atom. The molecule has 116 valence electrons. The highest BCUT2D eigenvalue weighted by atomic mass is 35.5. The molecule has 20 heavy (non-hydrogen) atoms. The van der Waals surface area contributed by atoms with Gasteiger partial charge in [0.1, 0.15) is 0 Å². The molecule has 1 N–H and O–H groups in total. The van der Waals surface area contributed by atoms with E-state index >= 15 is 0 Å². The number of halogens is 1. The molecule has 0 fully saturated rings. The van der Waals surface area contributed by atoms with E-state index in [0.29, 0.717) is 6.04 Å². The second-order valence-corrected chi connectivity index (χ2v) is 6.18. The van der Waals surface area contributed by atoms with Crippen molar-refractivity contribution < 1.29 is 0 Å². The number of aryl methyl sites for hydroxylation is 2. The molecule has 1 heterocycles. The molecule has 0 saturated carbocycles. The summed E-state index contributed by atoms with van der Waals surface area (Å²) in [6.07, 6.45) is 4.25. The normalized spacial score (nSPS) is 13.2. The molecule has 0 aromatic carbocycles. The maximum atomic E-state index is 6.47. The van der Waals surface area contributed by atoms with E-state index in [1.54, 1.807) is 0 Å². The fourth-order valence-electron chi connectivity index (χ4n) is 2.73. The summed E-state index contributed by atoms with van der Waals surface area (Å²) in [5, 5.41) is 9.07. The van der Waals surface area contributed by atoms with E-state index in [4.69, 9.17) is 11.6 Å². The predicted octanol–water partition coefficient (Wildman–Crippen LogP) is 4.08. The van der Waals surface area contributed by atoms with E-state index in [1.807, 2.05) is 0 Å². The van der Waals surface area contributed by atoms with Gasteiger partial charge in [0.05, 0.1) is 16.4 Å². The third-order valence-electron chi connectivity index (χ3n) is 3.67. The van der Waals surface area contributed by atoms with Crippen LogP contribution in [0.25, 0.3) is 0 Å². The largest absolute Gasteiger partial charge is 0.314 e. The molecule has 1 unspecified atom stereocenters. The first-order valence-electron chi connectivity index (χ1n) is 8.00. The number of hydrogen-bond acceptors (Lipinski definition) is 2. The summed E-state index contributed by atoms with van der Waals surface area (Å²) in [6.45, 7) is 12.9. The van der Waals surface area contributed by atoms with Gasteiger partial charge >= 0.3 is 0 Å². The minimum absolute atomic E-state index is 0.571. The molecule has 0 aliphatic carbocycles. The minimum atomic E-state index is 0.571. The SMILES string of the molecule is CCNC(CCc1c(Cl)c(CC)nn1CC)CC(C)C. The maximum Gasteiger partial charge on any atom is 0.0849 e. The Labute approximate surface area is 129 Å². The van der Waals surface area contributed by atoms with Crippen molar-refractivity contribution in [3.63, 3.8) is 0 Å². The molecular formula is C16H30ClN3. The summed E-state index contributed by atoms with van der Waals surface area (Å²) in [5.41, 5.74) is 2.24. The molecule has 3 nitrogen and oxygen atoms in total. The van der Waals surface area contributed by atoms with Gasteiger partial charge in [0.2, 0.25) is 0 Å². The lowest BCUT2D eigenvalue weighted by Crippen LogP contribution is -2.31. The van der Waals surface area contributed by atoms with Crippen molar-refractivity contribution in [2.24, 2.45) is 5.92 Å². The minimum Gasteiger partial charge on any atom is -0.314 e. The topological polar surface area (TPSA) is 29.9 Å². The standard InChI is InChI=1S/C16H30ClN3/c1-6-14-16(17)15(20(8-3)19-14)10-9-13(18-7-2)11-12(4)5/h12-13,18H,6-11H2,1-5H3. The Morgan fingerprint density at radius 3 is 2.45 bits per heavy atom. The lowest BCUT2D eigenvalue weighted by atomic mass is 9.98. The fourth-order valence-corrected chi connectivity index (χ4v) is 3.09. The van der Waals surface area contributed by atoms with Crippen molar-refractivity contribution in [1.82, 2.24) is 15.1 Å². The first kappa shape index (κ1) is 17.5. The van der Waals surface area contributed by atoms with Gasteiger partial charge in [-0.2, -0.15) is 5.10 Å². The van der Waals surface area contributed by atoms with Crippen LogP contribution in [0.5, 0.6) is 0 Å². The number of rotatable bonds is 9. The van der Waals surface area contributed by atoms with E-state index < -0.39 is 0 Å². The predicted molar refractivity (Wildman–Crippen MR) is 87.5 cm³/mol. The summed E-state index contributed by atoms with van der Waals surface area (Å²) < 4.78 is 2.07. The molecule has 0 amide bonds. The van der Waals surface area contributed by atoms with Gasteiger partial charge in [0, 0.05) is 12.6 Å². The van der Waals surface area contributed by atoms with Crippen LogP contribution in [-0.2, 0) is 19.4 Å². The zero-order valence-electron chi connectivity index (χ0n) is 13.7. The average molecular weight is 300 g/mol. The summed E-state index contributed by atoms with van der Waals surface area (Å²) in [5.74, 6) is 0.719. The highest BCUT2D eigenvalue weighted by Crippen LogP contribution is 2.24. The van der Waals surface area contributed by atoms with Gasteiger partial charge < -0.3 is 5.32 Å². The Balaban J connectivity index is 2.73. The first-order valence-corrected chi connectivity index (χ1v) is 8.38. The Morgan fingerprint density at radius 1 is 1.25 bits per heavy atom. The van der Waals surface area contributed by atoms with Crippen molar-refractivity contribution in [1.29, 1.82) is 0 Å². The van der Waals surface area contributed by atoms with Gasteiger partial charge in [-0.15, -0.1) is 0 Å². The second kappa shape index (κ2) is 8.68. The highest BCUT2D eigenvalue weighted by molar-refractivity contribution is 6.31. The van der Waals surface area contributed by atoms with E-state index in [0.717, 1.165) is 49.0 Å². The van der Waals surface area contributed by atoms with Gasteiger partial charge in [-0.25, -0.2) is 0 Å². The molecule has 0 bridgehead atoms. The number of nitrogens with zero attached hydrogens (tertiary/aromatic N) is 2. The molecule has 4 heteroatoms. The molecule has 0 spiro atoms. The monoisotopic (exact) mass is 299 g/mol. The van der Waals surface area contributed by atoms with Crippen LogP contribution in [0, 0.1) is 5.92 Å². The number of nitrogens with one attached hydrogen (secondary N) is 1. The molecule has 0 aliphatic heterocycles. The molecular weight excluding hydrogens is 270 g/mol. The van der Waals surface area contributed by atoms with E-state index in [-0.39, 0.29) is 0 Å². The smallest absolute Gasteiger partial charge is 0.0849 e. The Bertz CT molecular complexity index is 399. The number of aromatic nitrogens is 2. The summed E-state index contributed by atoms with van der Waals surface area (Å²) >= 11 is 6.47. The van der Waals surface area contributed by atoms with Gasteiger partial charge in [0.25, 0.3) is 0 Å². The van der Waals surface area contributed by atoms with Crippen molar-refractivity contribution in [3.8, 4) is 0 Å². The average Bonchev–Trinajstić information content (AvgIpc) is 2.71. The molecule has 0 aliphatic rings. The lowest BCUT2D eigenvalue weighted by molar-refractivity contribution is 0.401. The third-order valence-corrected chi connectivity index (χ3v) is 4.11. The molecule has 0 radical (unpaired) electrons. The van der Waals surface area contributed by atoms with Gasteiger partial charge in [-0.3, -0.25) is 4.68 Å². The molecule has 1 rings (SSSR count). The Kier molecular flexibility index (Phi) is 7.60. The molecule has 0 saturated heterocycles. The lowest BCUT2D eigenvalue weighted by Gasteiger charge is -2.20. The van der Waals surface area contributed by atoms with Crippen molar-refractivity contribution in [2.45, 2.75) is 72.9 Å². The molecule has 1 atom stereocenters. The van der Waals surface area contributed by atoms with Crippen molar-refractivity contribution in [3.05, 3.63) is 16.4 Å². The van der Waals surface area contributed by atoms with Crippen LogP contribution in [-0.4, -0.2) is 22.4 Å².